The monoisotopic (exact) mass is 208 g/mol. The summed E-state index contributed by atoms with van der Waals surface area (Å²) in [5, 5.41) is 10.6. The summed E-state index contributed by atoms with van der Waals surface area (Å²) in [6, 6.07) is 6.41. The van der Waals surface area contributed by atoms with Gasteiger partial charge in [-0.05, 0) is 12.5 Å². The maximum Gasteiger partial charge on any atom is 0.310 e. The molecule has 0 fully saturated rings. The molecule has 4 nitrogen and oxygen atoms in total. The zero-order valence-corrected chi connectivity index (χ0v) is 8.52. The predicted molar refractivity (Wildman–Crippen MR) is 57.8 cm³/mol. The van der Waals surface area contributed by atoms with Gasteiger partial charge in [-0.3, -0.25) is 10.1 Å². The van der Waals surface area contributed by atoms with Crippen molar-refractivity contribution >= 4 is 5.69 Å². The highest BCUT2D eigenvalue weighted by atomic mass is 16.6. The lowest BCUT2D eigenvalue weighted by atomic mass is 10.2. The molecule has 0 aliphatic heterocycles. The number of rotatable bonds is 6. The van der Waals surface area contributed by atoms with Crippen molar-refractivity contribution in [3.05, 3.63) is 41.3 Å². The van der Waals surface area contributed by atoms with E-state index in [4.69, 9.17) is 4.74 Å². The Morgan fingerprint density at radius 1 is 1.33 bits per heavy atom. The van der Waals surface area contributed by atoms with Gasteiger partial charge >= 0.3 is 5.69 Å². The summed E-state index contributed by atoms with van der Waals surface area (Å²) in [4.78, 5) is 10.2. The van der Waals surface area contributed by atoms with E-state index in [1.165, 1.54) is 6.07 Å². The van der Waals surface area contributed by atoms with Gasteiger partial charge in [0.05, 0.1) is 11.5 Å². The van der Waals surface area contributed by atoms with E-state index in [1.54, 1.807) is 18.2 Å². The molecule has 1 aromatic carbocycles. The average Bonchev–Trinajstić information content (AvgIpc) is 2.25. The molecule has 0 atom stereocenters. The lowest BCUT2D eigenvalue weighted by molar-refractivity contribution is -0.385. The third kappa shape index (κ3) is 3.58. The van der Waals surface area contributed by atoms with Crippen molar-refractivity contribution in [2.45, 2.75) is 19.3 Å². The van der Waals surface area contributed by atoms with E-state index in [1.807, 2.05) is 0 Å². The molecule has 0 saturated carbocycles. The lowest BCUT2D eigenvalue weighted by Gasteiger charge is -2.05. The minimum Gasteiger partial charge on any atom is -0.487 e. The van der Waals surface area contributed by atoms with Gasteiger partial charge in [-0.1, -0.05) is 31.9 Å². The summed E-state index contributed by atoms with van der Waals surface area (Å²) < 4.78 is 5.33. The fraction of sp³-hybridized carbons (Fsp3) is 0.364. The van der Waals surface area contributed by atoms with Crippen LogP contribution in [0.5, 0.6) is 5.75 Å². The highest BCUT2D eigenvalue weighted by Gasteiger charge is 2.12. The maximum absolute atomic E-state index is 10.6. The second-order valence-corrected chi connectivity index (χ2v) is 3.13. The number of hydrogen-bond donors (Lipinski definition) is 0. The molecule has 0 aliphatic carbocycles. The Bertz CT molecular complexity index is 325. The molecule has 0 heterocycles. The van der Waals surface area contributed by atoms with Gasteiger partial charge in [0.2, 0.25) is 0 Å². The molecule has 15 heavy (non-hydrogen) atoms. The van der Waals surface area contributed by atoms with Gasteiger partial charge in [-0.25, -0.2) is 0 Å². The zero-order valence-electron chi connectivity index (χ0n) is 8.52. The van der Waals surface area contributed by atoms with Gasteiger partial charge in [0.15, 0.2) is 5.75 Å². The maximum atomic E-state index is 10.6. The molecule has 0 N–H and O–H groups in total. The van der Waals surface area contributed by atoms with Crippen LogP contribution in [0.15, 0.2) is 24.3 Å². The normalized spacial score (nSPS) is 9.93. The van der Waals surface area contributed by atoms with Gasteiger partial charge in [-0.15, -0.1) is 0 Å². The standard InChI is InChI=1S/C11H14NO3/c1-2-3-6-9-15-11-8-5-4-7-10(11)12(13)14/h4-5,7-8H,1-3,6,9H2. The van der Waals surface area contributed by atoms with Crippen LogP contribution in [0.2, 0.25) is 0 Å². The van der Waals surface area contributed by atoms with Crippen molar-refractivity contribution in [3.8, 4) is 5.75 Å². The predicted octanol–water partition coefficient (Wildman–Crippen LogP) is 2.98. The third-order valence-corrected chi connectivity index (χ3v) is 1.96. The Hall–Kier alpha value is -1.58. The largest absolute Gasteiger partial charge is 0.487 e. The van der Waals surface area contributed by atoms with E-state index in [9.17, 15) is 10.1 Å². The molecule has 1 radical (unpaired) electrons. The number of nitro benzene ring substituents is 1. The third-order valence-electron chi connectivity index (χ3n) is 1.96. The molecule has 1 rings (SSSR count). The first-order valence-corrected chi connectivity index (χ1v) is 4.91. The van der Waals surface area contributed by atoms with Gasteiger partial charge < -0.3 is 4.74 Å². The van der Waals surface area contributed by atoms with Crippen LogP contribution in [-0.2, 0) is 0 Å². The van der Waals surface area contributed by atoms with E-state index in [2.05, 4.69) is 6.92 Å². The lowest BCUT2D eigenvalue weighted by Crippen LogP contribution is -2.00. The van der Waals surface area contributed by atoms with Crippen LogP contribution in [-0.4, -0.2) is 11.5 Å². The van der Waals surface area contributed by atoms with Gasteiger partial charge in [0.1, 0.15) is 0 Å². The molecule has 0 saturated heterocycles. The van der Waals surface area contributed by atoms with Crippen LogP contribution in [0.4, 0.5) is 5.69 Å². The highest BCUT2D eigenvalue weighted by molar-refractivity contribution is 5.45. The van der Waals surface area contributed by atoms with Gasteiger partial charge in [0, 0.05) is 6.07 Å². The number of benzene rings is 1. The van der Waals surface area contributed by atoms with Crippen LogP contribution in [0, 0.1) is 17.0 Å². The van der Waals surface area contributed by atoms with Crippen LogP contribution < -0.4 is 4.74 Å². The summed E-state index contributed by atoms with van der Waals surface area (Å²) in [6.45, 7) is 4.21. The molecule has 0 amide bonds. The molecule has 0 bridgehead atoms. The van der Waals surface area contributed by atoms with E-state index in [0.29, 0.717) is 12.4 Å². The minimum atomic E-state index is -0.434. The molecule has 1 aromatic rings. The summed E-state index contributed by atoms with van der Waals surface area (Å²) in [5.41, 5.74) is 0.0205. The Morgan fingerprint density at radius 3 is 2.73 bits per heavy atom. The quantitative estimate of drug-likeness (QED) is 0.410. The first kappa shape index (κ1) is 11.5. The zero-order chi connectivity index (χ0) is 11.1. The fourth-order valence-corrected chi connectivity index (χ4v) is 1.19. The second kappa shape index (κ2) is 6.01. The van der Waals surface area contributed by atoms with Crippen LogP contribution >= 0.6 is 0 Å². The molecule has 0 unspecified atom stereocenters. The van der Waals surface area contributed by atoms with Gasteiger partial charge in [-0.2, -0.15) is 0 Å². The van der Waals surface area contributed by atoms with Crippen molar-refractivity contribution in [3.63, 3.8) is 0 Å². The Balaban J connectivity index is 2.56. The number of hydrogen-bond acceptors (Lipinski definition) is 3. The molecule has 0 aliphatic rings. The van der Waals surface area contributed by atoms with Crippen LogP contribution in [0.3, 0.4) is 0 Å². The molecular formula is C11H14NO3. The van der Waals surface area contributed by atoms with Crippen LogP contribution in [0.1, 0.15) is 19.3 Å². The molecular weight excluding hydrogens is 194 g/mol. The molecule has 0 spiro atoms. The van der Waals surface area contributed by atoms with Crippen molar-refractivity contribution in [1.29, 1.82) is 0 Å². The summed E-state index contributed by atoms with van der Waals surface area (Å²) >= 11 is 0. The topological polar surface area (TPSA) is 52.4 Å². The SMILES string of the molecule is [CH2]CCCCOc1ccccc1[N+](=O)[O-]. The Labute approximate surface area is 89.0 Å². The van der Waals surface area contributed by atoms with E-state index in [-0.39, 0.29) is 5.69 Å². The summed E-state index contributed by atoms with van der Waals surface area (Å²) in [5.74, 6) is 0.339. The Morgan fingerprint density at radius 2 is 2.07 bits per heavy atom. The summed E-state index contributed by atoms with van der Waals surface area (Å²) in [6.07, 6.45) is 2.70. The summed E-state index contributed by atoms with van der Waals surface area (Å²) in [7, 11) is 0. The first-order chi connectivity index (χ1) is 7.25. The molecule has 81 valence electrons. The van der Waals surface area contributed by atoms with Crippen molar-refractivity contribution < 1.29 is 9.66 Å². The van der Waals surface area contributed by atoms with Crippen molar-refractivity contribution in [2.24, 2.45) is 0 Å². The van der Waals surface area contributed by atoms with Gasteiger partial charge in [0.25, 0.3) is 0 Å². The number of ether oxygens (including phenoxy) is 1. The number of nitrogens with zero attached hydrogens (tertiary/aromatic N) is 1. The number of unbranched alkanes of at least 4 members (excludes halogenated alkanes) is 2. The Kier molecular flexibility index (Phi) is 4.60. The fourth-order valence-electron chi connectivity index (χ4n) is 1.19. The van der Waals surface area contributed by atoms with E-state index in [0.717, 1.165) is 19.3 Å². The molecule has 0 aromatic heterocycles. The smallest absolute Gasteiger partial charge is 0.310 e. The number of para-hydroxylation sites is 2. The number of nitro groups is 1. The minimum absolute atomic E-state index is 0.0205. The van der Waals surface area contributed by atoms with E-state index >= 15 is 0 Å². The highest BCUT2D eigenvalue weighted by Crippen LogP contribution is 2.25. The van der Waals surface area contributed by atoms with Crippen molar-refractivity contribution in [1.82, 2.24) is 0 Å². The second-order valence-electron chi connectivity index (χ2n) is 3.13. The van der Waals surface area contributed by atoms with Crippen molar-refractivity contribution in [2.75, 3.05) is 6.61 Å². The van der Waals surface area contributed by atoms with Crippen LogP contribution in [0.25, 0.3) is 0 Å². The van der Waals surface area contributed by atoms with E-state index < -0.39 is 4.92 Å². The average molecular weight is 208 g/mol. The first-order valence-electron chi connectivity index (χ1n) is 4.91. The molecule has 4 heteroatoms.